The Morgan fingerprint density at radius 2 is 1.12 bits per heavy atom. The van der Waals surface area contributed by atoms with Crippen LogP contribution in [-0.2, 0) is 6.42 Å². The largest absolute Gasteiger partial charge is 0.394 e. The summed E-state index contributed by atoms with van der Waals surface area (Å²) in [6.07, 6.45) is 1.10. The molecule has 1 aliphatic rings. The Hall–Kier alpha value is -1.64. The molecule has 0 aromatic heterocycles. The summed E-state index contributed by atoms with van der Waals surface area (Å²) in [6.45, 7) is -0.250. The summed E-state index contributed by atoms with van der Waals surface area (Å²) in [4.78, 5) is 0. The second-order valence-corrected chi connectivity index (χ2v) is 3.94. The van der Waals surface area contributed by atoms with Crippen molar-refractivity contribution >= 4 is 0 Å². The molecule has 0 aliphatic heterocycles. The fraction of sp³-hybridized carbons (Fsp3) is 0.200. The van der Waals surface area contributed by atoms with Crippen LogP contribution in [0.15, 0.2) is 48.5 Å². The molecule has 2 heteroatoms. The van der Waals surface area contributed by atoms with Crippen molar-refractivity contribution in [3.05, 3.63) is 59.7 Å². The molecule has 0 fully saturated rings. The Morgan fingerprint density at radius 3 is 1.53 bits per heavy atom. The van der Waals surface area contributed by atoms with Gasteiger partial charge < -0.3 is 10.2 Å². The van der Waals surface area contributed by atoms with Crippen molar-refractivity contribution in [2.45, 2.75) is 6.42 Å². The van der Waals surface area contributed by atoms with Crippen molar-refractivity contribution in [1.29, 1.82) is 0 Å². The molecule has 0 radical (unpaired) electrons. The van der Waals surface area contributed by atoms with Gasteiger partial charge in [0.15, 0.2) is 0 Å². The molecule has 0 amide bonds. The van der Waals surface area contributed by atoms with Crippen molar-refractivity contribution in [2.75, 3.05) is 13.2 Å². The molecule has 3 rings (SSSR count). The van der Waals surface area contributed by atoms with Gasteiger partial charge in [-0.15, -0.1) is 0 Å². The summed E-state index contributed by atoms with van der Waals surface area (Å²) in [5.41, 5.74) is 5.75. The molecule has 0 saturated heterocycles. The lowest BCUT2D eigenvalue weighted by Gasteiger charge is -1.98. The minimum atomic E-state index is -0.125. The first kappa shape index (κ1) is 11.8. The molecule has 1 aliphatic carbocycles. The van der Waals surface area contributed by atoms with Crippen LogP contribution in [0.3, 0.4) is 0 Å². The maximum absolute atomic E-state index is 7.62. The van der Waals surface area contributed by atoms with Crippen LogP contribution in [0.5, 0.6) is 0 Å². The Bertz CT molecular complexity index is 446. The Morgan fingerprint density at radius 1 is 0.706 bits per heavy atom. The number of hydrogen-bond acceptors (Lipinski definition) is 2. The van der Waals surface area contributed by atoms with Gasteiger partial charge in [-0.2, -0.15) is 0 Å². The Kier molecular flexibility index (Phi) is 3.91. The van der Waals surface area contributed by atoms with Gasteiger partial charge in [0.05, 0.1) is 13.2 Å². The summed E-state index contributed by atoms with van der Waals surface area (Å²) in [6, 6.07) is 17.3. The van der Waals surface area contributed by atoms with Crippen LogP contribution < -0.4 is 0 Å². The number of aliphatic hydroxyl groups is 2. The predicted octanol–water partition coefficient (Wildman–Crippen LogP) is 2.23. The second-order valence-electron chi connectivity index (χ2n) is 3.94. The van der Waals surface area contributed by atoms with E-state index in [0.29, 0.717) is 0 Å². The van der Waals surface area contributed by atoms with Crippen LogP contribution in [0, 0.1) is 0 Å². The molecule has 0 atom stereocenters. The van der Waals surface area contributed by atoms with Crippen LogP contribution in [0.25, 0.3) is 11.1 Å². The number of hydrogen-bond donors (Lipinski definition) is 2. The molecule has 2 aromatic rings. The lowest BCUT2D eigenvalue weighted by atomic mass is 10.1. The van der Waals surface area contributed by atoms with Crippen molar-refractivity contribution in [3.8, 4) is 11.1 Å². The van der Waals surface area contributed by atoms with Crippen LogP contribution in [0.1, 0.15) is 11.1 Å². The number of rotatable bonds is 1. The zero-order chi connectivity index (χ0) is 12.1. The minimum Gasteiger partial charge on any atom is -0.394 e. The lowest BCUT2D eigenvalue weighted by Crippen LogP contribution is -1.85. The summed E-state index contributed by atoms with van der Waals surface area (Å²) >= 11 is 0. The van der Waals surface area contributed by atoms with E-state index in [1.54, 1.807) is 0 Å². The highest BCUT2D eigenvalue weighted by atomic mass is 16.3. The molecule has 0 saturated carbocycles. The summed E-state index contributed by atoms with van der Waals surface area (Å²) in [5, 5.41) is 15.2. The highest BCUT2D eigenvalue weighted by Crippen LogP contribution is 2.35. The van der Waals surface area contributed by atoms with E-state index in [-0.39, 0.29) is 13.2 Å². The van der Waals surface area contributed by atoms with Crippen LogP contribution in [-0.4, -0.2) is 23.4 Å². The van der Waals surface area contributed by atoms with E-state index in [1.807, 2.05) is 0 Å². The van der Waals surface area contributed by atoms with Crippen molar-refractivity contribution in [1.82, 2.24) is 0 Å². The Balaban J connectivity index is 0.000000239. The van der Waals surface area contributed by atoms with Gasteiger partial charge in [-0.1, -0.05) is 48.5 Å². The molecule has 0 unspecified atom stereocenters. The molecule has 0 bridgehead atoms. The standard InChI is InChI=1S/C13H10.C2H6O2/c1-3-7-12-10(5-1)9-11-6-2-4-8-13(11)12;3-1-2-4/h1-8H,9H2;3-4H,1-2H2. The van der Waals surface area contributed by atoms with Gasteiger partial charge >= 0.3 is 0 Å². The van der Waals surface area contributed by atoms with E-state index in [1.165, 1.54) is 22.3 Å². The van der Waals surface area contributed by atoms with Gasteiger partial charge in [-0.25, -0.2) is 0 Å². The first-order chi connectivity index (χ1) is 8.36. The SMILES string of the molecule is OCCO.c1ccc2c(c1)Cc1ccccc1-2. The predicted molar refractivity (Wildman–Crippen MR) is 68.9 cm³/mol. The number of benzene rings is 2. The normalized spacial score (nSPS) is 11.2. The molecule has 2 aromatic carbocycles. The average Bonchev–Trinajstić information content (AvgIpc) is 2.77. The summed E-state index contributed by atoms with van der Waals surface area (Å²) in [7, 11) is 0. The molecule has 0 heterocycles. The monoisotopic (exact) mass is 228 g/mol. The van der Waals surface area contributed by atoms with Gasteiger partial charge in [0.1, 0.15) is 0 Å². The van der Waals surface area contributed by atoms with E-state index < -0.39 is 0 Å². The smallest absolute Gasteiger partial charge is 0.0662 e. The molecular weight excluding hydrogens is 212 g/mol. The quantitative estimate of drug-likeness (QED) is 0.670. The van der Waals surface area contributed by atoms with Crippen LogP contribution in [0.4, 0.5) is 0 Å². The van der Waals surface area contributed by atoms with Crippen molar-refractivity contribution < 1.29 is 10.2 Å². The first-order valence-electron chi connectivity index (χ1n) is 5.74. The third-order valence-electron chi connectivity index (χ3n) is 2.81. The van der Waals surface area contributed by atoms with E-state index in [9.17, 15) is 0 Å². The summed E-state index contributed by atoms with van der Waals surface area (Å²) in [5.74, 6) is 0. The molecular formula is C15H16O2. The lowest BCUT2D eigenvalue weighted by molar-refractivity contribution is 0.186. The molecule has 17 heavy (non-hydrogen) atoms. The van der Waals surface area contributed by atoms with Crippen molar-refractivity contribution in [2.24, 2.45) is 0 Å². The maximum Gasteiger partial charge on any atom is 0.0662 e. The van der Waals surface area contributed by atoms with E-state index in [0.717, 1.165) is 6.42 Å². The van der Waals surface area contributed by atoms with Crippen LogP contribution in [0.2, 0.25) is 0 Å². The highest BCUT2D eigenvalue weighted by Gasteiger charge is 2.15. The maximum atomic E-state index is 7.62. The molecule has 2 N–H and O–H groups in total. The van der Waals surface area contributed by atoms with Gasteiger partial charge in [-0.05, 0) is 28.7 Å². The van der Waals surface area contributed by atoms with Crippen LogP contribution >= 0.6 is 0 Å². The van der Waals surface area contributed by atoms with Gasteiger partial charge in [-0.3, -0.25) is 0 Å². The van der Waals surface area contributed by atoms with E-state index >= 15 is 0 Å². The zero-order valence-corrected chi connectivity index (χ0v) is 9.63. The van der Waals surface area contributed by atoms with Gasteiger partial charge in [0.25, 0.3) is 0 Å². The topological polar surface area (TPSA) is 40.5 Å². The zero-order valence-electron chi connectivity index (χ0n) is 9.63. The number of aliphatic hydroxyl groups excluding tert-OH is 2. The van der Waals surface area contributed by atoms with Gasteiger partial charge in [0, 0.05) is 0 Å². The Labute approximate surface area is 101 Å². The molecule has 2 nitrogen and oxygen atoms in total. The fourth-order valence-electron chi connectivity index (χ4n) is 2.08. The third kappa shape index (κ3) is 2.54. The summed E-state index contributed by atoms with van der Waals surface area (Å²) < 4.78 is 0. The number of fused-ring (bicyclic) bond motifs is 3. The minimum absolute atomic E-state index is 0.125. The molecule has 88 valence electrons. The fourth-order valence-corrected chi connectivity index (χ4v) is 2.08. The second kappa shape index (κ2) is 5.62. The van der Waals surface area contributed by atoms with E-state index in [4.69, 9.17) is 10.2 Å². The van der Waals surface area contributed by atoms with Gasteiger partial charge in [0.2, 0.25) is 0 Å². The van der Waals surface area contributed by atoms with E-state index in [2.05, 4.69) is 48.5 Å². The molecule has 0 spiro atoms. The average molecular weight is 228 g/mol. The van der Waals surface area contributed by atoms with Crippen molar-refractivity contribution in [3.63, 3.8) is 0 Å². The highest BCUT2D eigenvalue weighted by molar-refractivity contribution is 5.76. The first-order valence-corrected chi connectivity index (χ1v) is 5.74. The third-order valence-corrected chi connectivity index (χ3v) is 2.81.